The maximum absolute atomic E-state index is 12.8. The van der Waals surface area contributed by atoms with Crippen LogP contribution in [0.2, 0.25) is 0 Å². The number of alkyl halides is 3. The van der Waals surface area contributed by atoms with Gasteiger partial charge >= 0.3 is 12.3 Å². The molecule has 0 aliphatic carbocycles. The van der Waals surface area contributed by atoms with E-state index in [0.717, 1.165) is 24.0 Å². The van der Waals surface area contributed by atoms with Crippen LogP contribution in [0.15, 0.2) is 36.5 Å². The van der Waals surface area contributed by atoms with Crippen LogP contribution in [-0.2, 0) is 10.9 Å². The van der Waals surface area contributed by atoms with E-state index < -0.39 is 17.3 Å². The van der Waals surface area contributed by atoms with Gasteiger partial charge in [-0.15, -0.1) is 0 Å². The summed E-state index contributed by atoms with van der Waals surface area (Å²) < 4.78 is 45.5. The van der Waals surface area contributed by atoms with Gasteiger partial charge in [-0.25, -0.2) is 4.79 Å². The molecule has 1 unspecified atom stereocenters. The summed E-state index contributed by atoms with van der Waals surface area (Å²) in [5.41, 5.74) is 1.43. The predicted octanol–water partition coefficient (Wildman–Crippen LogP) is 5.44. The predicted molar refractivity (Wildman–Crippen MR) is 127 cm³/mol. The molecule has 0 fully saturated rings. The number of nitrogens with zero attached hydrogens (tertiary/aromatic N) is 4. The van der Waals surface area contributed by atoms with Crippen LogP contribution >= 0.6 is 0 Å². The summed E-state index contributed by atoms with van der Waals surface area (Å²) in [7, 11) is 1.78. The van der Waals surface area contributed by atoms with Crippen LogP contribution in [-0.4, -0.2) is 59.3 Å². The van der Waals surface area contributed by atoms with Crippen LogP contribution in [0.4, 0.5) is 23.7 Å². The molecule has 1 atom stereocenters. The normalized spacial score (nSPS) is 15.4. The van der Waals surface area contributed by atoms with E-state index in [-0.39, 0.29) is 12.1 Å². The lowest BCUT2D eigenvalue weighted by Crippen LogP contribution is -2.39. The molecule has 190 valence electrons. The highest BCUT2D eigenvalue weighted by Crippen LogP contribution is 2.31. The number of aromatic nitrogens is 2. The molecule has 1 amide bonds. The molecule has 0 saturated heterocycles. The van der Waals surface area contributed by atoms with E-state index in [2.05, 4.69) is 5.10 Å². The number of halogens is 3. The molecular formula is C25H31F3N4O3. The zero-order chi connectivity index (χ0) is 26.0. The van der Waals surface area contributed by atoms with Crippen LogP contribution in [0.1, 0.15) is 61.8 Å². The number of anilines is 1. The highest BCUT2D eigenvalue weighted by molar-refractivity contribution is 5.84. The highest BCUT2D eigenvalue weighted by atomic mass is 19.4. The Morgan fingerprint density at radius 1 is 1.23 bits per heavy atom. The Bertz CT molecular complexity index is 1080. The number of hydrogen-bond acceptors (Lipinski definition) is 5. The van der Waals surface area contributed by atoms with Crippen molar-refractivity contribution in [3.8, 4) is 0 Å². The van der Waals surface area contributed by atoms with E-state index in [9.17, 15) is 22.8 Å². The molecule has 0 N–H and O–H groups in total. The number of ether oxygens (including phenoxy) is 1. The first-order chi connectivity index (χ1) is 16.3. The Morgan fingerprint density at radius 3 is 2.40 bits per heavy atom. The van der Waals surface area contributed by atoms with Crippen molar-refractivity contribution in [3.63, 3.8) is 0 Å². The van der Waals surface area contributed by atoms with Crippen molar-refractivity contribution in [1.29, 1.82) is 0 Å². The molecule has 1 aliphatic heterocycles. The minimum absolute atomic E-state index is 0.223. The van der Waals surface area contributed by atoms with Gasteiger partial charge in [-0.2, -0.15) is 18.3 Å². The topological polar surface area (TPSA) is 67.7 Å². The van der Waals surface area contributed by atoms with Gasteiger partial charge < -0.3 is 14.5 Å². The molecule has 10 heteroatoms. The molecule has 1 aromatic carbocycles. The molecule has 0 spiro atoms. The number of hydrogen-bond donors (Lipinski definition) is 0. The van der Waals surface area contributed by atoms with Crippen molar-refractivity contribution in [1.82, 2.24) is 14.7 Å². The molecule has 7 nitrogen and oxygen atoms in total. The zero-order valence-electron chi connectivity index (χ0n) is 20.6. The lowest BCUT2D eigenvalue weighted by Gasteiger charge is -2.29. The second-order valence-electron chi connectivity index (χ2n) is 9.69. The molecule has 1 aliphatic rings. The van der Waals surface area contributed by atoms with E-state index >= 15 is 0 Å². The number of likely N-dealkylation sites (N-methyl/N-ethyl adjacent to an activating group) is 1. The van der Waals surface area contributed by atoms with Gasteiger partial charge in [-0.05, 0) is 64.0 Å². The standard InChI is InChI=1S/C25H31F3N4O3/c1-17(15-30(5)20-8-6-19(7-9-20)25(26,27)28)32-22(16-33)21(14-29-32)18-10-12-31(13-11-18)23(34)35-24(2,3)4/h6-10,14,16-17H,11-13,15H2,1-5H3. The molecule has 35 heavy (non-hydrogen) atoms. The molecule has 1 aromatic heterocycles. The van der Waals surface area contributed by atoms with Gasteiger partial charge in [0, 0.05) is 37.9 Å². The number of carbonyl (C=O) groups excluding carboxylic acids is 2. The Balaban J connectivity index is 1.70. The van der Waals surface area contributed by atoms with E-state index in [0.29, 0.717) is 43.0 Å². The minimum atomic E-state index is -4.38. The molecule has 0 saturated carbocycles. The van der Waals surface area contributed by atoms with Gasteiger partial charge in [0.25, 0.3) is 0 Å². The molecule has 2 heterocycles. The van der Waals surface area contributed by atoms with Gasteiger partial charge in [0.2, 0.25) is 0 Å². The van der Waals surface area contributed by atoms with Crippen molar-refractivity contribution < 1.29 is 27.5 Å². The van der Waals surface area contributed by atoms with E-state index in [1.54, 1.807) is 22.8 Å². The van der Waals surface area contributed by atoms with Crippen molar-refractivity contribution in [2.45, 2.75) is 51.9 Å². The Kier molecular flexibility index (Phi) is 7.62. The van der Waals surface area contributed by atoms with Crippen molar-refractivity contribution >= 4 is 23.6 Å². The monoisotopic (exact) mass is 492 g/mol. The number of rotatable bonds is 6. The van der Waals surface area contributed by atoms with E-state index in [1.807, 2.05) is 38.7 Å². The molecule has 2 aromatic rings. The Labute approximate surface area is 203 Å². The van der Waals surface area contributed by atoms with Crippen LogP contribution < -0.4 is 4.90 Å². The average molecular weight is 493 g/mol. The summed E-state index contributed by atoms with van der Waals surface area (Å²) in [5, 5.41) is 4.42. The van der Waals surface area contributed by atoms with Crippen LogP contribution in [0.25, 0.3) is 5.57 Å². The quantitative estimate of drug-likeness (QED) is 0.503. The number of aldehydes is 1. The van der Waals surface area contributed by atoms with Crippen molar-refractivity contribution in [3.05, 3.63) is 53.4 Å². The third kappa shape index (κ3) is 6.43. The fraction of sp³-hybridized carbons (Fsp3) is 0.480. The fourth-order valence-corrected chi connectivity index (χ4v) is 3.98. The number of carbonyl (C=O) groups is 2. The third-order valence-corrected chi connectivity index (χ3v) is 5.74. The second-order valence-corrected chi connectivity index (χ2v) is 9.69. The lowest BCUT2D eigenvalue weighted by molar-refractivity contribution is -0.137. The summed E-state index contributed by atoms with van der Waals surface area (Å²) in [6.45, 7) is 8.62. The van der Waals surface area contributed by atoms with E-state index in [1.165, 1.54) is 12.1 Å². The first-order valence-electron chi connectivity index (χ1n) is 11.4. The summed E-state index contributed by atoms with van der Waals surface area (Å²) >= 11 is 0. The SMILES string of the molecule is CC(CN(C)c1ccc(C(F)(F)F)cc1)n1ncc(C2=CCN(C(=O)OC(C)(C)C)CC2)c1C=O. The highest BCUT2D eigenvalue weighted by Gasteiger charge is 2.30. The summed E-state index contributed by atoms with van der Waals surface area (Å²) in [6.07, 6.45) is 0.114. The van der Waals surface area contributed by atoms with Crippen LogP contribution in [0, 0.1) is 0 Å². The second kappa shape index (κ2) is 10.1. The summed E-state index contributed by atoms with van der Waals surface area (Å²) in [4.78, 5) is 27.7. The third-order valence-electron chi connectivity index (χ3n) is 5.74. The van der Waals surface area contributed by atoms with Gasteiger partial charge in [0.05, 0.1) is 17.8 Å². The molecule has 0 bridgehead atoms. The van der Waals surface area contributed by atoms with Crippen molar-refractivity contribution in [2.75, 3.05) is 31.6 Å². The first-order valence-corrected chi connectivity index (χ1v) is 11.4. The Morgan fingerprint density at radius 2 is 1.89 bits per heavy atom. The van der Waals surface area contributed by atoms with E-state index in [4.69, 9.17) is 4.74 Å². The van der Waals surface area contributed by atoms with Crippen LogP contribution in [0.3, 0.4) is 0 Å². The maximum Gasteiger partial charge on any atom is 0.416 e. The smallest absolute Gasteiger partial charge is 0.416 e. The van der Waals surface area contributed by atoms with Gasteiger partial charge in [-0.3, -0.25) is 9.48 Å². The summed E-state index contributed by atoms with van der Waals surface area (Å²) in [5.74, 6) is 0. The summed E-state index contributed by atoms with van der Waals surface area (Å²) in [6, 6.07) is 4.73. The number of amides is 1. The fourth-order valence-electron chi connectivity index (χ4n) is 3.98. The molecular weight excluding hydrogens is 461 g/mol. The first kappa shape index (κ1) is 26.3. The number of benzene rings is 1. The Hall–Kier alpha value is -3.30. The minimum Gasteiger partial charge on any atom is -0.444 e. The largest absolute Gasteiger partial charge is 0.444 e. The van der Waals surface area contributed by atoms with Crippen LogP contribution in [0.5, 0.6) is 0 Å². The molecule has 0 radical (unpaired) electrons. The molecule has 3 rings (SSSR count). The van der Waals surface area contributed by atoms with Gasteiger partial charge in [-0.1, -0.05) is 6.08 Å². The average Bonchev–Trinajstić information content (AvgIpc) is 3.22. The van der Waals surface area contributed by atoms with Gasteiger partial charge in [0.1, 0.15) is 11.3 Å². The zero-order valence-corrected chi connectivity index (χ0v) is 20.6. The lowest BCUT2D eigenvalue weighted by atomic mass is 10.00. The van der Waals surface area contributed by atoms with Gasteiger partial charge in [0.15, 0.2) is 6.29 Å². The maximum atomic E-state index is 12.8. The van der Waals surface area contributed by atoms with Crippen molar-refractivity contribution in [2.24, 2.45) is 0 Å².